The van der Waals surface area contributed by atoms with Crippen LogP contribution in [0.4, 0.5) is 5.69 Å². The summed E-state index contributed by atoms with van der Waals surface area (Å²) in [6.45, 7) is 2.99. The van der Waals surface area contributed by atoms with Gasteiger partial charge in [0.2, 0.25) is 11.7 Å². The molecule has 0 atom stereocenters. The predicted molar refractivity (Wildman–Crippen MR) is 94.7 cm³/mol. The summed E-state index contributed by atoms with van der Waals surface area (Å²) in [6, 6.07) is 9.42. The molecule has 0 saturated carbocycles. The van der Waals surface area contributed by atoms with E-state index in [1.165, 1.54) is 4.52 Å². The second-order valence-electron chi connectivity index (χ2n) is 6.23. The zero-order chi connectivity index (χ0) is 18.1. The summed E-state index contributed by atoms with van der Waals surface area (Å²) in [5.74, 6) is 0.294. The topological polar surface area (TPSA) is 92.5 Å². The molecule has 3 heterocycles. The number of benzene rings is 1. The molecule has 1 aliphatic heterocycles. The molecule has 0 aliphatic carbocycles. The van der Waals surface area contributed by atoms with Crippen LogP contribution in [0.2, 0.25) is 0 Å². The molecule has 8 nitrogen and oxygen atoms in total. The zero-order valence-corrected chi connectivity index (χ0v) is 14.3. The molecule has 3 aromatic rings. The molecular weight excluding hydrogens is 332 g/mol. The van der Waals surface area contributed by atoms with Crippen LogP contribution >= 0.6 is 0 Å². The second-order valence-corrected chi connectivity index (χ2v) is 6.23. The molecule has 1 saturated heterocycles. The smallest absolute Gasteiger partial charge is 0.291 e. The summed E-state index contributed by atoms with van der Waals surface area (Å²) < 4.78 is 1.54. The third-order valence-corrected chi connectivity index (χ3v) is 4.41. The van der Waals surface area contributed by atoms with E-state index in [1.807, 2.05) is 31.2 Å². The Morgan fingerprint density at radius 1 is 1.23 bits per heavy atom. The fourth-order valence-corrected chi connectivity index (χ4v) is 2.98. The van der Waals surface area contributed by atoms with Crippen LogP contribution < -0.4 is 10.2 Å². The lowest BCUT2D eigenvalue weighted by Crippen LogP contribution is -2.25. The zero-order valence-electron chi connectivity index (χ0n) is 14.3. The molecule has 1 aromatic carbocycles. The van der Waals surface area contributed by atoms with Crippen LogP contribution in [-0.2, 0) is 11.3 Å². The molecule has 1 aliphatic rings. The van der Waals surface area contributed by atoms with Crippen molar-refractivity contribution in [2.45, 2.75) is 26.3 Å². The number of nitrogens with zero attached hydrogens (tertiary/aromatic N) is 5. The van der Waals surface area contributed by atoms with Gasteiger partial charge in [0.1, 0.15) is 0 Å². The van der Waals surface area contributed by atoms with Crippen LogP contribution in [0.1, 0.15) is 34.7 Å². The highest BCUT2D eigenvalue weighted by molar-refractivity contribution is 5.95. The first kappa shape index (κ1) is 16.2. The maximum absolute atomic E-state index is 12.3. The third kappa shape index (κ3) is 3.01. The highest BCUT2D eigenvalue weighted by Gasteiger charge is 2.21. The number of nitrogens with one attached hydrogen (secondary N) is 1. The maximum atomic E-state index is 12.3. The number of hydrogen-bond acceptors (Lipinski definition) is 5. The number of hydrogen-bond donors (Lipinski definition) is 1. The van der Waals surface area contributed by atoms with E-state index in [9.17, 15) is 9.59 Å². The number of aryl methyl sites for hydroxylation is 1. The molecule has 2 amide bonds. The summed E-state index contributed by atoms with van der Waals surface area (Å²) in [7, 11) is 0. The average Bonchev–Trinajstić information content (AvgIpc) is 3.27. The van der Waals surface area contributed by atoms with Gasteiger partial charge in [0.25, 0.3) is 11.7 Å². The van der Waals surface area contributed by atoms with Gasteiger partial charge >= 0.3 is 0 Å². The normalized spacial score (nSPS) is 14.2. The van der Waals surface area contributed by atoms with Crippen LogP contribution in [0.15, 0.2) is 36.5 Å². The molecule has 8 heteroatoms. The molecule has 132 valence electrons. The molecule has 1 fully saturated rings. The Kier molecular flexibility index (Phi) is 4.08. The Labute approximate surface area is 149 Å². The summed E-state index contributed by atoms with van der Waals surface area (Å²) in [6.07, 6.45) is 3.14. The third-order valence-electron chi connectivity index (χ3n) is 4.41. The van der Waals surface area contributed by atoms with Crippen molar-refractivity contribution in [1.82, 2.24) is 24.9 Å². The van der Waals surface area contributed by atoms with Gasteiger partial charge in [-0.15, -0.1) is 5.10 Å². The minimum atomic E-state index is -0.353. The van der Waals surface area contributed by atoms with Crippen molar-refractivity contribution in [2.75, 3.05) is 11.4 Å². The SMILES string of the molecule is Cc1ccnc2nc(C(=O)NCc3ccc(N4CCCC4=O)cc3)nn12. The lowest BCUT2D eigenvalue weighted by atomic mass is 10.2. The molecular formula is C18H18N6O2. The Balaban J connectivity index is 1.42. The van der Waals surface area contributed by atoms with Crippen molar-refractivity contribution in [3.05, 3.63) is 53.6 Å². The van der Waals surface area contributed by atoms with Gasteiger partial charge in [-0.1, -0.05) is 12.1 Å². The largest absolute Gasteiger partial charge is 0.345 e. The van der Waals surface area contributed by atoms with Gasteiger partial charge in [-0.05, 0) is 37.1 Å². The predicted octanol–water partition coefficient (Wildman–Crippen LogP) is 1.49. The first-order valence-corrected chi connectivity index (χ1v) is 8.48. The molecule has 0 unspecified atom stereocenters. The van der Waals surface area contributed by atoms with Gasteiger partial charge < -0.3 is 10.2 Å². The summed E-state index contributed by atoms with van der Waals surface area (Å²) in [4.78, 5) is 34.1. The van der Waals surface area contributed by atoms with Crippen LogP contribution in [0, 0.1) is 6.92 Å². The van der Waals surface area contributed by atoms with E-state index in [2.05, 4.69) is 20.4 Å². The maximum Gasteiger partial charge on any atom is 0.291 e. The van der Waals surface area contributed by atoms with E-state index < -0.39 is 0 Å². The van der Waals surface area contributed by atoms with Gasteiger partial charge in [0, 0.05) is 37.1 Å². The van der Waals surface area contributed by atoms with E-state index in [-0.39, 0.29) is 17.6 Å². The number of carbonyl (C=O) groups is 2. The van der Waals surface area contributed by atoms with Gasteiger partial charge in [0.05, 0.1) is 0 Å². The highest BCUT2D eigenvalue weighted by Crippen LogP contribution is 2.21. The lowest BCUT2D eigenvalue weighted by molar-refractivity contribution is -0.117. The standard InChI is InChI=1S/C18H18N6O2/c1-12-8-9-19-18-21-16(22-24(12)18)17(26)20-11-13-4-6-14(7-5-13)23-10-2-3-15(23)25/h4-9H,2-3,10-11H2,1H3,(H,20,26). The highest BCUT2D eigenvalue weighted by atomic mass is 16.2. The molecule has 1 N–H and O–H groups in total. The van der Waals surface area contributed by atoms with Crippen molar-refractivity contribution in [3.63, 3.8) is 0 Å². The van der Waals surface area contributed by atoms with Crippen molar-refractivity contribution < 1.29 is 9.59 Å². The molecule has 4 rings (SSSR count). The first-order valence-electron chi connectivity index (χ1n) is 8.48. The first-order chi connectivity index (χ1) is 12.6. The van der Waals surface area contributed by atoms with Gasteiger partial charge in [0.15, 0.2) is 0 Å². The van der Waals surface area contributed by atoms with Gasteiger partial charge in [-0.3, -0.25) is 9.59 Å². The minimum Gasteiger partial charge on any atom is -0.345 e. The Hall–Kier alpha value is -3.29. The number of amides is 2. The number of aromatic nitrogens is 4. The van der Waals surface area contributed by atoms with E-state index in [4.69, 9.17) is 0 Å². The Bertz CT molecular complexity index is 979. The van der Waals surface area contributed by atoms with E-state index in [0.717, 1.165) is 29.9 Å². The van der Waals surface area contributed by atoms with E-state index in [0.29, 0.717) is 18.7 Å². The number of rotatable bonds is 4. The fourth-order valence-electron chi connectivity index (χ4n) is 2.98. The monoisotopic (exact) mass is 350 g/mol. The van der Waals surface area contributed by atoms with Crippen LogP contribution in [0.5, 0.6) is 0 Å². The van der Waals surface area contributed by atoms with E-state index >= 15 is 0 Å². The fraction of sp³-hybridized carbons (Fsp3) is 0.278. The van der Waals surface area contributed by atoms with Crippen molar-refractivity contribution in [2.24, 2.45) is 0 Å². The summed E-state index contributed by atoms with van der Waals surface area (Å²) in [5, 5.41) is 6.99. The van der Waals surface area contributed by atoms with E-state index in [1.54, 1.807) is 17.2 Å². The van der Waals surface area contributed by atoms with Gasteiger partial charge in [-0.25, -0.2) is 9.50 Å². The number of fused-ring (bicyclic) bond motifs is 1. The van der Waals surface area contributed by atoms with Crippen molar-refractivity contribution in [3.8, 4) is 0 Å². The summed E-state index contributed by atoms with van der Waals surface area (Å²) in [5.41, 5.74) is 2.69. The Morgan fingerprint density at radius 2 is 2.04 bits per heavy atom. The van der Waals surface area contributed by atoms with Crippen LogP contribution in [-0.4, -0.2) is 37.9 Å². The van der Waals surface area contributed by atoms with Crippen molar-refractivity contribution in [1.29, 1.82) is 0 Å². The average molecular weight is 350 g/mol. The quantitative estimate of drug-likeness (QED) is 0.769. The molecule has 0 radical (unpaired) electrons. The molecule has 0 bridgehead atoms. The van der Waals surface area contributed by atoms with Crippen molar-refractivity contribution >= 4 is 23.3 Å². The summed E-state index contributed by atoms with van der Waals surface area (Å²) >= 11 is 0. The number of anilines is 1. The van der Waals surface area contributed by atoms with Crippen LogP contribution in [0.3, 0.4) is 0 Å². The Morgan fingerprint density at radius 3 is 2.73 bits per heavy atom. The molecule has 0 spiro atoms. The number of carbonyl (C=O) groups excluding carboxylic acids is 2. The lowest BCUT2D eigenvalue weighted by Gasteiger charge is -2.15. The molecule has 2 aromatic heterocycles. The molecule has 26 heavy (non-hydrogen) atoms. The minimum absolute atomic E-state index is 0.0890. The second kappa shape index (κ2) is 6.55. The van der Waals surface area contributed by atoms with Crippen LogP contribution in [0.25, 0.3) is 5.78 Å². The van der Waals surface area contributed by atoms with Gasteiger partial charge in [-0.2, -0.15) is 4.98 Å².